The minimum absolute atomic E-state index is 0.0915. The number of nitriles is 1. The fourth-order valence-corrected chi connectivity index (χ4v) is 9.85. The molecule has 1 unspecified atom stereocenters. The van der Waals surface area contributed by atoms with E-state index in [1.54, 1.807) is 51.1 Å². The maximum atomic E-state index is 14.6. The minimum atomic E-state index is -3.52. The van der Waals surface area contributed by atoms with E-state index >= 15 is 0 Å². The molecule has 7 rings (SSSR count). The van der Waals surface area contributed by atoms with Gasteiger partial charge in [-0.3, -0.25) is 19.2 Å². The molecule has 0 radical (unpaired) electrons. The molecule has 0 bridgehead atoms. The summed E-state index contributed by atoms with van der Waals surface area (Å²) in [5, 5.41) is 15.1. The number of carbonyl (C=O) groups is 3. The summed E-state index contributed by atoms with van der Waals surface area (Å²) in [6.45, 7) is 20.0. The maximum Gasteiger partial charge on any atom is 0.415 e. The highest BCUT2D eigenvalue weighted by Crippen LogP contribution is 2.40. The number of sulfonamides is 1. The molecule has 14 heteroatoms. The molecule has 2 amide bonds. The number of fused-ring (bicyclic) bond motifs is 2. The van der Waals surface area contributed by atoms with Crippen molar-refractivity contribution in [2.45, 2.75) is 137 Å². The number of rotatable bonds is 16. The number of allylic oxidation sites excluding steroid dienone is 1. The van der Waals surface area contributed by atoms with Gasteiger partial charge >= 0.3 is 6.09 Å². The van der Waals surface area contributed by atoms with Crippen LogP contribution >= 0.6 is 11.6 Å². The molecule has 1 heterocycles. The number of amides is 2. The summed E-state index contributed by atoms with van der Waals surface area (Å²) in [6, 6.07) is 28.0. The third-order valence-corrected chi connectivity index (χ3v) is 15.2. The number of hydrogen-bond donors (Lipinski definition) is 2. The van der Waals surface area contributed by atoms with Crippen LogP contribution in [0, 0.1) is 23.7 Å². The Hall–Kier alpha value is -6.49. The Balaban J connectivity index is 1.17. The van der Waals surface area contributed by atoms with Gasteiger partial charge in [-0.15, -0.1) is 0 Å². The quantitative estimate of drug-likeness (QED) is 0.0707. The summed E-state index contributed by atoms with van der Waals surface area (Å²) >= 11 is 6.68. The number of anilines is 3. The molecule has 2 N–H and O–H groups in total. The van der Waals surface area contributed by atoms with Crippen molar-refractivity contribution in [3.63, 3.8) is 0 Å². The van der Waals surface area contributed by atoms with Crippen molar-refractivity contribution in [3.05, 3.63) is 129 Å². The zero-order chi connectivity index (χ0) is 52.5. The number of aryl methyl sites for hydroxylation is 1. The first-order valence-electron chi connectivity index (χ1n) is 24.6. The van der Waals surface area contributed by atoms with Gasteiger partial charge in [-0.2, -0.15) is 5.26 Å². The Morgan fingerprint density at radius 2 is 1.58 bits per heavy atom. The van der Waals surface area contributed by atoms with Crippen LogP contribution in [0.2, 0.25) is 5.02 Å². The maximum absolute atomic E-state index is 14.6. The third-order valence-electron chi connectivity index (χ3n) is 14.3. The Bertz CT molecular complexity index is 3260. The van der Waals surface area contributed by atoms with Crippen molar-refractivity contribution in [2.75, 3.05) is 21.2 Å². The number of oxazole rings is 1. The normalized spacial score (nSPS) is 14.3. The highest BCUT2D eigenvalue weighted by atomic mass is 35.5. The number of benzene rings is 5. The molecule has 0 saturated heterocycles. The molecular weight excluding hydrogens is 946 g/mol. The van der Waals surface area contributed by atoms with Gasteiger partial charge in [0.05, 0.1) is 22.7 Å². The van der Waals surface area contributed by atoms with Crippen molar-refractivity contribution in [1.29, 1.82) is 5.26 Å². The second kappa shape index (κ2) is 20.9. The SMILES string of the molecule is CCC(C)(C)c1cc(C(C)(C)CC)c2oc(/C(C#N)=C/c3ccc(N(C(=O)OC(C(=O)Nc4cc(Cc5ccc(NS(C)(=O)=O)c6ccccc56)ccc4Cl)C(=O)C(C)(C)C)C4CCCC4)cc3C)nc2c1. The van der Waals surface area contributed by atoms with Crippen molar-refractivity contribution < 1.29 is 32.0 Å². The van der Waals surface area contributed by atoms with Crippen LogP contribution in [0.1, 0.15) is 140 Å². The molecule has 12 nitrogen and oxygen atoms in total. The predicted molar refractivity (Wildman–Crippen MR) is 290 cm³/mol. The van der Waals surface area contributed by atoms with E-state index in [0.717, 1.165) is 70.5 Å². The number of halogens is 1. The average molecular weight is 1010 g/mol. The predicted octanol–water partition coefficient (Wildman–Crippen LogP) is 13.9. The summed E-state index contributed by atoms with van der Waals surface area (Å²) in [5.74, 6) is -1.24. The van der Waals surface area contributed by atoms with E-state index < -0.39 is 39.3 Å². The van der Waals surface area contributed by atoms with Crippen LogP contribution in [-0.2, 0) is 41.6 Å². The van der Waals surface area contributed by atoms with Gasteiger partial charge in [0.25, 0.3) is 5.91 Å². The van der Waals surface area contributed by atoms with E-state index in [1.807, 2.05) is 55.5 Å². The highest BCUT2D eigenvalue weighted by molar-refractivity contribution is 7.92. The molecule has 1 fully saturated rings. The molecule has 0 spiro atoms. The van der Waals surface area contributed by atoms with Gasteiger partial charge in [0.2, 0.25) is 22.0 Å². The topological polar surface area (TPSA) is 172 Å². The molecule has 0 aliphatic heterocycles. The van der Waals surface area contributed by atoms with E-state index in [-0.39, 0.29) is 39.0 Å². The first-order chi connectivity index (χ1) is 33.8. The summed E-state index contributed by atoms with van der Waals surface area (Å²) in [4.78, 5) is 49.5. The number of nitrogens with one attached hydrogen (secondary N) is 2. The third kappa shape index (κ3) is 11.7. The Kier molecular flexibility index (Phi) is 15.5. The molecule has 378 valence electrons. The van der Waals surface area contributed by atoms with Crippen LogP contribution in [0.4, 0.5) is 21.9 Å². The molecule has 6 aromatic rings. The van der Waals surface area contributed by atoms with E-state index in [2.05, 4.69) is 69.8 Å². The number of ketones is 1. The summed E-state index contributed by atoms with van der Waals surface area (Å²) < 4.78 is 39.3. The van der Waals surface area contributed by atoms with Crippen molar-refractivity contribution in [2.24, 2.45) is 5.41 Å². The second-order valence-corrected chi connectivity index (χ2v) is 23.6. The lowest BCUT2D eigenvalue weighted by molar-refractivity contribution is -0.142. The van der Waals surface area contributed by atoms with Gasteiger partial charge in [-0.25, -0.2) is 18.2 Å². The van der Waals surface area contributed by atoms with Crippen LogP contribution in [0.25, 0.3) is 33.5 Å². The van der Waals surface area contributed by atoms with Gasteiger partial charge in [0.15, 0.2) is 11.4 Å². The monoisotopic (exact) mass is 1010 g/mol. The molecular formula is C58H66ClN5O7S. The van der Waals surface area contributed by atoms with Gasteiger partial charge in [0, 0.05) is 28.1 Å². The zero-order valence-corrected chi connectivity index (χ0v) is 44.8. The Labute approximate surface area is 429 Å². The first-order valence-corrected chi connectivity index (χ1v) is 26.9. The van der Waals surface area contributed by atoms with Crippen LogP contribution in [0.5, 0.6) is 0 Å². The van der Waals surface area contributed by atoms with Crippen LogP contribution in [-0.4, -0.2) is 49.6 Å². The number of ether oxygens (including phenoxy) is 1. The number of Topliss-reactive ketones (excluding diaryl/α,β-unsaturated/α-hetero) is 1. The lowest BCUT2D eigenvalue weighted by Crippen LogP contribution is -2.48. The van der Waals surface area contributed by atoms with Crippen LogP contribution in [0.3, 0.4) is 0 Å². The minimum Gasteiger partial charge on any atom is -0.435 e. The van der Waals surface area contributed by atoms with Gasteiger partial charge in [-0.05, 0) is 126 Å². The lowest BCUT2D eigenvalue weighted by atomic mass is 9.76. The largest absolute Gasteiger partial charge is 0.435 e. The molecule has 1 atom stereocenters. The molecule has 72 heavy (non-hydrogen) atoms. The summed E-state index contributed by atoms with van der Waals surface area (Å²) in [5.41, 5.74) is 6.79. The smallest absolute Gasteiger partial charge is 0.415 e. The molecule has 1 aliphatic rings. The first kappa shape index (κ1) is 53.3. The highest BCUT2D eigenvalue weighted by Gasteiger charge is 2.41. The Morgan fingerprint density at radius 3 is 2.21 bits per heavy atom. The van der Waals surface area contributed by atoms with Crippen molar-refractivity contribution in [1.82, 2.24) is 4.98 Å². The van der Waals surface area contributed by atoms with E-state index in [0.29, 0.717) is 47.3 Å². The van der Waals surface area contributed by atoms with E-state index in [9.17, 15) is 28.1 Å². The number of aromatic nitrogens is 1. The lowest BCUT2D eigenvalue weighted by Gasteiger charge is -2.31. The fourth-order valence-electron chi connectivity index (χ4n) is 9.11. The zero-order valence-electron chi connectivity index (χ0n) is 43.3. The molecule has 1 aromatic heterocycles. The molecule has 5 aromatic carbocycles. The van der Waals surface area contributed by atoms with Crippen LogP contribution in [0.15, 0.2) is 89.3 Å². The molecule has 1 aliphatic carbocycles. The number of hydrogen-bond acceptors (Lipinski definition) is 9. The van der Waals surface area contributed by atoms with Gasteiger partial charge in [-0.1, -0.05) is 135 Å². The fraction of sp³-hybridized carbons (Fsp3) is 0.397. The number of carbonyl (C=O) groups excluding carboxylic acids is 3. The summed E-state index contributed by atoms with van der Waals surface area (Å²) in [7, 11) is -3.52. The average Bonchev–Trinajstić information content (AvgIpc) is 4.02. The standard InChI is InChI=1S/C58H66ClN5O7S/c1-12-57(7,8)40-32-45(58(9,10)13-2)50-49(33-40)62-54(70-50)39(34-60)31-37-23-25-42(28-35(37)3)64(41-18-14-15-19-41)55(67)71-51(52(65)56(4,5)6)53(66)61-48-30-36(22-26-46(48)59)29-38-24-27-47(63-72(11,68)69)44-21-17-16-20-43(38)44/h16-17,20-28,30-33,41,51,63H,12-15,18-19,29H2,1-11H3,(H,61,66)/b39-31+. The van der Waals surface area contributed by atoms with Gasteiger partial charge in [0.1, 0.15) is 17.2 Å². The molecule has 1 saturated carbocycles. The number of nitrogens with zero attached hydrogens (tertiary/aromatic N) is 3. The van der Waals surface area contributed by atoms with E-state index in [4.69, 9.17) is 25.7 Å². The van der Waals surface area contributed by atoms with Crippen LogP contribution < -0.4 is 14.9 Å². The summed E-state index contributed by atoms with van der Waals surface area (Å²) in [6.07, 6.45) is 5.54. The van der Waals surface area contributed by atoms with Gasteiger partial charge < -0.3 is 14.5 Å². The van der Waals surface area contributed by atoms with Crippen molar-refractivity contribution >= 4 is 90.0 Å². The van der Waals surface area contributed by atoms with Crippen molar-refractivity contribution in [3.8, 4) is 6.07 Å². The second-order valence-electron chi connectivity index (χ2n) is 21.4. The van der Waals surface area contributed by atoms with E-state index in [1.165, 1.54) is 4.90 Å². The Morgan fingerprint density at radius 1 is 0.903 bits per heavy atom.